The maximum absolute atomic E-state index is 13.1. The van der Waals surface area contributed by atoms with Gasteiger partial charge in [-0.05, 0) is 60.7 Å². The zero-order valence-electron chi connectivity index (χ0n) is 17.4. The van der Waals surface area contributed by atoms with Gasteiger partial charge >= 0.3 is 0 Å². The fourth-order valence-electron chi connectivity index (χ4n) is 3.07. The SMILES string of the molecule is COc1ccc(C(=O)Nn2c(SCC(=O)c3ccc(F)cc3)nc3ccccc3c2=O)cc1. The number of halogens is 1. The first-order chi connectivity index (χ1) is 16.0. The molecule has 0 saturated carbocycles. The Morgan fingerprint density at radius 3 is 2.36 bits per heavy atom. The summed E-state index contributed by atoms with van der Waals surface area (Å²) < 4.78 is 19.3. The van der Waals surface area contributed by atoms with Crippen LogP contribution in [-0.2, 0) is 0 Å². The van der Waals surface area contributed by atoms with Crippen LogP contribution in [0.4, 0.5) is 4.39 Å². The number of methoxy groups -OCH3 is 1. The minimum Gasteiger partial charge on any atom is -0.497 e. The lowest BCUT2D eigenvalue weighted by atomic mass is 10.1. The van der Waals surface area contributed by atoms with Crippen molar-refractivity contribution in [1.82, 2.24) is 9.66 Å². The summed E-state index contributed by atoms with van der Waals surface area (Å²) in [5, 5.41) is 0.470. The van der Waals surface area contributed by atoms with Gasteiger partial charge < -0.3 is 4.74 Å². The van der Waals surface area contributed by atoms with Gasteiger partial charge in [0.05, 0.1) is 23.8 Å². The van der Waals surface area contributed by atoms with Gasteiger partial charge in [0.2, 0.25) is 0 Å². The zero-order chi connectivity index (χ0) is 23.4. The second-order valence-electron chi connectivity index (χ2n) is 6.94. The molecule has 0 spiro atoms. The Morgan fingerprint density at radius 1 is 1.00 bits per heavy atom. The van der Waals surface area contributed by atoms with Crippen molar-refractivity contribution in [2.75, 3.05) is 18.3 Å². The van der Waals surface area contributed by atoms with Crippen LogP contribution in [-0.4, -0.2) is 34.2 Å². The lowest BCUT2D eigenvalue weighted by Gasteiger charge is -2.14. The molecule has 1 N–H and O–H groups in total. The van der Waals surface area contributed by atoms with E-state index in [-0.39, 0.29) is 16.7 Å². The van der Waals surface area contributed by atoms with E-state index in [1.165, 1.54) is 31.4 Å². The van der Waals surface area contributed by atoms with Gasteiger partial charge in [0.25, 0.3) is 11.5 Å². The second-order valence-corrected chi connectivity index (χ2v) is 7.88. The molecular formula is C24H18FN3O4S. The van der Waals surface area contributed by atoms with E-state index in [0.29, 0.717) is 27.8 Å². The fourth-order valence-corrected chi connectivity index (χ4v) is 3.91. The van der Waals surface area contributed by atoms with Crippen molar-refractivity contribution in [1.29, 1.82) is 0 Å². The molecule has 3 aromatic carbocycles. The number of Topliss-reactive ketones (excluding diaryl/α,β-unsaturated/α-hetero) is 1. The van der Waals surface area contributed by atoms with Gasteiger partial charge in [0.1, 0.15) is 11.6 Å². The Bertz CT molecular complexity index is 1390. The molecular weight excluding hydrogens is 445 g/mol. The number of fused-ring (bicyclic) bond motifs is 1. The highest BCUT2D eigenvalue weighted by atomic mass is 32.2. The molecule has 0 saturated heterocycles. The van der Waals surface area contributed by atoms with Gasteiger partial charge in [-0.25, -0.2) is 9.37 Å². The van der Waals surface area contributed by atoms with E-state index in [9.17, 15) is 18.8 Å². The van der Waals surface area contributed by atoms with Crippen LogP contribution >= 0.6 is 11.8 Å². The molecule has 0 aliphatic carbocycles. The Kier molecular flexibility index (Phi) is 6.50. The molecule has 9 heteroatoms. The lowest BCUT2D eigenvalue weighted by Crippen LogP contribution is -2.35. The van der Waals surface area contributed by atoms with Crippen molar-refractivity contribution >= 4 is 34.4 Å². The summed E-state index contributed by atoms with van der Waals surface area (Å²) in [6.07, 6.45) is 0. The van der Waals surface area contributed by atoms with Crippen molar-refractivity contribution in [3.8, 4) is 5.75 Å². The van der Waals surface area contributed by atoms with E-state index in [1.54, 1.807) is 48.5 Å². The molecule has 4 aromatic rings. The number of hydrogen-bond donors (Lipinski definition) is 1. The Balaban J connectivity index is 1.65. The number of benzene rings is 3. The summed E-state index contributed by atoms with van der Waals surface area (Å²) in [5.74, 6) is -0.703. The number of ketones is 1. The molecule has 33 heavy (non-hydrogen) atoms. The number of amides is 1. The molecule has 166 valence electrons. The van der Waals surface area contributed by atoms with Crippen molar-refractivity contribution in [2.45, 2.75) is 5.16 Å². The van der Waals surface area contributed by atoms with Crippen LogP contribution in [0, 0.1) is 5.82 Å². The van der Waals surface area contributed by atoms with Crippen molar-refractivity contribution in [3.63, 3.8) is 0 Å². The Hall–Kier alpha value is -3.98. The average Bonchev–Trinajstić information content (AvgIpc) is 2.85. The lowest BCUT2D eigenvalue weighted by molar-refractivity contribution is 0.100. The van der Waals surface area contributed by atoms with Crippen LogP contribution in [0.25, 0.3) is 10.9 Å². The van der Waals surface area contributed by atoms with E-state index in [1.807, 2.05) is 0 Å². The van der Waals surface area contributed by atoms with E-state index in [4.69, 9.17) is 4.74 Å². The molecule has 0 bridgehead atoms. The number of hydrogen-bond acceptors (Lipinski definition) is 6. The Morgan fingerprint density at radius 2 is 1.67 bits per heavy atom. The zero-order valence-corrected chi connectivity index (χ0v) is 18.3. The number of rotatable bonds is 7. The normalized spacial score (nSPS) is 10.7. The number of para-hydroxylation sites is 1. The summed E-state index contributed by atoms with van der Waals surface area (Å²) in [6.45, 7) is 0. The molecule has 0 fully saturated rings. The van der Waals surface area contributed by atoms with Crippen LogP contribution < -0.4 is 15.7 Å². The number of thioether (sulfide) groups is 1. The standard InChI is InChI=1S/C24H18FN3O4S/c1-32-18-12-8-16(9-13-18)22(30)27-28-23(31)19-4-2-3-5-20(19)26-24(28)33-14-21(29)15-6-10-17(25)11-7-15/h2-13H,14H2,1H3,(H,27,30). The fraction of sp³-hybridized carbons (Fsp3) is 0.0833. The largest absolute Gasteiger partial charge is 0.497 e. The number of nitrogens with one attached hydrogen (secondary N) is 1. The molecule has 4 rings (SSSR count). The first-order valence-corrected chi connectivity index (χ1v) is 10.8. The van der Waals surface area contributed by atoms with E-state index < -0.39 is 17.3 Å². The van der Waals surface area contributed by atoms with E-state index >= 15 is 0 Å². The maximum atomic E-state index is 13.1. The average molecular weight is 463 g/mol. The summed E-state index contributed by atoms with van der Waals surface area (Å²) in [4.78, 5) is 42.9. The smallest absolute Gasteiger partial charge is 0.281 e. The summed E-state index contributed by atoms with van der Waals surface area (Å²) in [5.41, 5.74) is 3.19. The molecule has 0 aliphatic heterocycles. The number of carbonyl (C=O) groups is 2. The topological polar surface area (TPSA) is 90.3 Å². The van der Waals surface area contributed by atoms with Gasteiger partial charge in [-0.1, -0.05) is 23.9 Å². The van der Waals surface area contributed by atoms with E-state index in [0.717, 1.165) is 16.4 Å². The van der Waals surface area contributed by atoms with Crippen LogP contribution in [0.1, 0.15) is 20.7 Å². The molecule has 0 unspecified atom stereocenters. The highest BCUT2D eigenvalue weighted by Gasteiger charge is 2.17. The first kappa shape index (κ1) is 22.2. The minimum atomic E-state index is -0.524. The van der Waals surface area contributed by atoms with Crippen molar-refractivity contribution in [2.24, 2.45) is 0 Å². The molecule has 0 atom stereocenters. The number of aromatic nitrogens is 2. The molecule has 0 aliphatic rings. The minimum absolute atomic E-state index is 0.0607. The molecule has 1 aromatic heterocycles. The predicted octanol–water partition coefficient (Wildman–Crippen LogP) is 3.90. The summed E-state index contributed by atoms with van der Waals surface area (Å²) >= 11 is 1.00. The third-order valence-electron chi connectivity index (χ3n) is 4.81. The van der Waals surface area contributed by atoms with Gasteiger partial charge in [-0.2, -0.15) is 4.68 Å². The third kappa shape index (κ3) is 4.93. The van der Waals surface area contributed by atoms with Crippen LogP contribution in [0.15, 0.2) is 82.7 Å². The summed E-state index contributed by atoms with van der Waals surface area (Å²) in [6, 6.07) is 18.3. The highest BCUT2D eigenvalue weighted by molar-refractivity contribution is 7.99. The van der Waals surface area contributed by atoms with E-state index in [2.05, 4.69) is 10.4 Å². The number of carbonyl (C=O) groups excluding carboxylic acids is 2. The highest BCUT2D eigenvalue weighted by Crippen LogP contribution is 2.19. The second kappa shape index (κ2) is 9.66. The van der Waals surface area contributed by atoms with Crippen LogP contribution in [0.2, 0.25) is 0 Å². The molecule has 1 heterocycles. The van der Waals surface area contributed by atoms with Gasteiger partial charge in [0, 0.05) is 11.1 Å². The van der Waals surface area contributed by atoms with Crippen LogP contribution in [0.3, 0.4) is 0 Å². The van der Waals surface area contributed by atoms with Crippen LogP contribution in [0.5, 0.6) is 5.75 Å². The maximum Gasteiger partial charge on any atom is 0.281 e. The number of nitrogens with zero attached hydrogens (tertiary/aromatic N) is 2. The molecule has 1 amide bonds. The monoisotopic (exact) mass is 463 g/mol. The van der Waals surface area contributed by atoms with Crippen molar-refractivity contribution < 1.29 is 18.7 Å². The third-order valence-corrected chi connectivity index (χ3v) is 5.75. The quantitative estimate of drug-likeness (QED) is 0.254. The molecule has 7 nitrogen and oxygen atoms in total. The Labute approximate surface area is 192 Å². The first-order valence-electron chi connectivity index (χ1n) is 9.85. The molecule has 0 radical (unpaired) electrons. The summed E-state index contributed by atoms with van der Waals surface area (Å²) in [7, 11) is 1.52. The van der Waals surface area contributed by atoms with Gasteiger partial charge in [-0.3, -0.25) is 19.8 Å². The van der Waals surface area contributed by atoms with Gasteiger partial charge in [0.15, 0.2) is 10.9 Å². The predicted molar refractivity (Wildman–Crippen MR) is 124 cm³/mol. The van der Waals surface area contributed by atoms with Gasteiger partial charge in [-0.15, -0.1) is 0 Å². The van der Waals surface area contributed by atoms with Crippen molar-refractivity contribution in [3.05, 3.63) is 100 Å². The number of ether oxygens (including phenoxy) is 1.